The highest BCUT2D eigenvalue weighted by Gasteiger charge is 2.13. The third-order valence-electron chi connectivity index (χ3n) is 2.77. The van der Waals surface area contributed by atoms with Crippen LogP contribution < -0.4 is 14.2 Å². The summed E-state index contributed by atoms with van der Waals surface area (Å²) in [5.74, 6) is 2.36. The van der Waals surface area contributed by atoms with Gasteiger partial charge in [-0.2, -0.15) is 0 Å². The minimum atomic E-state index is 0.528. The smallest absolute Gasteiger partial charge is 0.210 e. The van der Waals surface area contributed by atoms with E-state index in [1.54, 1.807) is 20.3 Å². The Morgan fingerprint density at radius 2 is 1.70 bits per heavy atom. The van der Waals surface area contributed by atoms with Crippen molar-refractivity contribution < 1.29 is 14.2 Å². The summed E-state index contributed by atoms with van der Waals surface area (Å²) < 4.78 is 16.4. The lowest BCUT2D eigenvalue weighted by Crippen LogP contribution is -1.94. The van der Waals surface area contributed by atoms with E-state index < -0.39 is 0 Å². The molecule has 0 aliphatic carbocycles. The summed E-state index contributed by atoms with van der Waals surface area (Å²) in [7, 11) is 3.17. The zero-order chi connectivity index (χ0) is 14.5. The highest BCUT2D eigenvalue weighted by atomic mass is 79.9. The zero-order valence-corrected chi connectivity index (χ0v) is 13.5. The molecule has 0 amide bonds. The van der Waals surface area contributed by atoms with Crippen LogP contribution in [-0.2, 0) is 5.33 Å². The molecule has 106 valence electrons. The van der Waals surface area contributed by atoms with Crippen LogP contribution in [0, 0.1) is 0 Å². The van der Waals surface area contributed by atoms with Gasteiger partial charge < -0.3 is 14.2 Å². The average Bonchev–Trinajstić information content (AvgIpc) is 2.47. The topological polar surface area (TPSA) is 27.7 Å². The van der Waals surface area contributed by atoms with Crippen molar-refractivity contribution in [1.29, 1.82) is 0 Å². The Balaban J connectivity index is 2.36. The predicted molar refractivity (Wildman–Crippen MR) is 83.7 cm³/mol. The number of rotatable bonds is 5. The Kier molecular flexibility index (Phi) is 5.15. The lowest BCUT2D eigenvalue weighted by molar-refractivity contribution is 0.346. The van der Waals surface area contributed by atoms with Crippen LogP contribution in [0.5, 0.6) is 23.0 Å². The first-order valence-corrected chi connectivity index (χ1v) is 7.42. The number of methoxy groups -OCH3 is 2. The molecule has 2 aromatic carbocycles. The highest BCUT2D eigenvalue weighted by molar-refractivity contribution is 9.08. The fraction of sp³-hybridized carbons (Fsp3) is 0.200. The molecule has 0 heterocycles. The van der Waals surface area contributed by atoms with Gasteiger partial charge in [0, 0.05) is 10.4 Å². The average molecular weight is 358 g/mol. The van der Waals surface area contributed by atoms with Gasteiger partial charge in [0.05, 0.1) is 14.2 Å². The molecule has 0 bridgehead atoms. The number of ether oxygens (including phenoxy) is 3. The Morgan fingerprint density at radius 1 is 1.05 bits per heavy atom. The van der Waals surface area contributed by atoms with Gasteiger partial charge in [-0.15, -0.1) is 0 Å². The second kappa shape index (κ2) is 6.86. The van der Waals surface area contributed by atoms with E-state index >= 15 is 0 Å². The molecule has 20 heavy (non-hydrogen) atoms. The van der Waals surface area contributed by atoms with Crippen LogP contribution in [0.15, 0.2) is 36.4 Å². The lowest BCUT2D eigenvalue weighted by atomic mass is 10.2. The second-order valence-corrected chi connectivity index (χ2v) is 4.95. The van der Waals surface area contributed by atoms with Crippen molar-refractivity contribution >= 4 is 27.5 Å². The van der Waals surface area contributed by atoms with E-state index in [1.165, 1.54) is 0 Å². The first kappa shape index (κ1) is 15.0. The van der Waals surface area contributed by atoms with E-state index in [9.17, 15) is 0 Å². The second-order valence-electron chi connectivity index (χ2n) is 3.98. The molecule has 2 rings (SSSR count). The molecule has 0 fully saturated rings. The SMILES string of the molecule is COc1cccc(OC)c1Oc1ccc(CBr)c(Cl)c1. The summed E-state index contributed by atoms with van der Waals surface area (Å²) in [5, 5.41) is 1.35. The van der Waals surface area contributed by atoms with E-state index in [-0.39, 0.29) is 0 Å². The minimum absolute atomic E-state index is 0.528. The summed E-state index contributed by atoms with van der Waals surface area (Å²) in [6.45, 7) is 0. The van der Waals surface area contributed by atoms with E-state index in [4.69, 9.17) is 25.8 Å². The first-order chi connectivity index (χ1) is 9.69. The van der Waals surface area contributed by atoms with Crippen molar-refractivity contribution in [3.05, 3.63) is 47.0 Å². The molecule has 0 saturated heterocycles. The number of benzene rings is 2. The summed E-state index contributed by atoms with van der Waals surface area (Å²) in [5.41, 5.74) is 1.01. The molecule has 0 radical (unpaired) electrons. The van der Waals surface area contributed by atoms with E-state index in [0.29, 0.717) is 33.4 Å². The fourth-order valence-electron chi connectivity index (χ4n) is 1.74. The van der Waals surface area contributed by atoms with Crippen LogP contribution in [0.25, 0.3) is 0 Å². The zero-order valence-electron chi connectivity index (χ0n) is 11.2. The number of hydrogen-bond donors (Lipinski definition) is 0. The number of halogens is 2. The van der Waals surface area contributed by atoms with Crippen LogP contribution in [0.4, 0.5) is 0 Å². The Morgan fingerprint density at radius 3 is 2.20 bits per heavy atom. The molecule has 2 aromatic rings. The standard InChI is InChI=1S/C15H14BrClO3/c1-18-13-4-3-5-14(19-2)15(13)20-11-7-6-10(9-16)12(17)8-11/h3-8H,9H2,1-2H3. The third kappa shape index (κ3) is 3.19. The highest BCUT2D eigenvalue weighted by Crippen LogP contribution is 2.40. The number of hydrogen-bond acceptors (Lipinski definition) is 3. The summed E-state index contributed by atoms with van der Waals surface area (Å²) in [6.07, 6.45) is 0. The summed E-state index contributed by atoms with van der Waals surface area (Å²) in [6, 6.07) is 11.0. The normalized spacial score (nSPS) is 10.2. The van der Waals surface area contributed by atoms with Crippen molar-refractivity contribution in [3.63, 3.8) is 0 Å². The molecule has 0 spiro atoms. The Labute approximate surface area is 131 Å². The monoisotopic (exact) mass is 356 g/mol. The van der Waals surface area contributed by atoms with Crippen molar-refractivity contribution in [1.82, 2.24) is 0 Å². The lowest BCUT2D eigenvalue weighted by Gasteiger charge is -2.14. The van der Waals surface area contributed by atoms with Crippen molar-refractivity contribution in [2.75, 3.05) is 14.2 Å². The quantitative estimate of drug-likeness (QED) is 0.701. The molecular formula is C15H14BrClO3. The molecule has 0 aliphatic rings. The van der Waals surface area contributed by atoms with Gasteiger partial charge in [0.15, 0.2) is 11.5 Å². The molecular weight excluding hydrogens is 344 g/mol. The molecule has 0 atom stereocenters. The molecule has 0 N–H and O–H groups in total. The van der Waals surface area contributed by atoms with Crippen molar-refractivity contribution in [3.8, 4) is 23.0 Å². The molecule has 0 aromatic heterocycles. The Bertz CT molecular complexity index is 579. The number of para-hydroxylation sites is 1. The minimum Gasteiger partial charge on any atom is -0.493 e. The van der Waals surface area contributed by atoms with Gasteiger partial charge in [-0.3, -0.25) is 0 Å². The van der Waals surface area contributed by atoms with Crippen LogP contribution >= 0.6 is 27.5 Å². The van der Waals surface area contributed by atoms with Crippen molar-refractivity contribution in [2.24, 2.45) is 0 Å². The Hall–Kier alpha value is -1.39. The molecule has 3 nitrogen and oxygen atoms in total. The maximum atomic E-state index is 6.17. The predicted octanol–water partition coefficient (Wildman–Crippen LogP) is 5.04. The van der Waals surface area contributed by atoms with Crippen LogP contribution in [0.1, 0.15) is 5.56 Å². The first-order valence-electron chi connectivity index (χ1n) is 5.92. The van der Waals surface area contributed by atoms with Gasteiger partial charge in [-0.1, -0.05) is 39.7 Å². The van der Waals surface area contributed by atoms with Gasteiger partial charge in [0.1, 0.15) is 5.75 Å². The maximum Gasteiger partial charge on any atom is 0.210 e. The largest absolute Gasteiger partial charge is 0.493 e. The molecule has 0 saturated carbocycles. The van der Waals surface area contributed by atoms with Crippen LogP contribution in [0.2, 0.25) is 5.02 Å². The van der Waals surface area contributed by atoms with E-state index in [0.717, 1.165) is 5.56 Å². The van der Waals surface area contributed by atoms with Crippen LogP contribution in [0.3, 0.4) is 0 Å². The van der Waals surface area contributed by atoms with Gasteiger partial charge in [0.2, 0.25) is 5.75 Å². The summed E-state index contributed by atoms with van der Waals surface area (Å²) >= 11 is 9.55. The third-order valence-corrected chi connectivity index (χ3v) is 3.73. The van der Waals surface area contributed by atoms with Gasteiger partial charge in [-0.25, -0.2) is 0 Å². The molecule has 0 unspecified atom stereocenters. The fourth-order valence-corrected chi connectivity index (χ4v) is 2.62. The molecule has 0 aliphatic heterocycles. The summed E-state index contributed by atoms with van der Waals surface area (Å²) in [4.78, 5) is 0. The number of alkyl halides is 1. The van der Waals surface area contributed by atoms with E-state index in [1.807, 2.05) is 30.3 Å². The molecule has 5 heteroatoms. The van der Waals surface area contributed by atoms with Crippen molar-refractivity contribution in [2.45, 2.75) is 5.33 Å². The van der Waals surface area contributed by atoms with E-state index in [2.05, 4.69) is 15.9 Å². The van der Waals surface area contributed by atoms with Gasteiger partial charge in [0.25, 0.3) is 0 Å². The van der Waals surface area contributed by atoms with Crippen LogP contribution in [-0.4, -0.2) is 14.2 Å². The maximum absolute atomic E-state index is 6.17. The van der Waals surface area contributed by atoms with Gasteiger partial charge in [-0.05, 0) is 29.8 Å². The van der Waals surface area contributed by atoms with Gasteiger partial charge >= 0.3 is 0 Å².